The molecule has 4 rings (SSSR count). The van der Waals surface area contributed by atoms with Crippen LogP contribution >= 0.6 is 12.4 Å². The molecular weight excluding hydrogens is 466 g/mol. The molecule has 1 fully saturated rings. The summed E-state index contributed by atoms with van der Waals surface area (Å²) in [6.45, 7) is 7.51. The van der Waals surface area contributed by atoms with E-state index in [2.05, 4.69) is 90.8 Å². The number of carbonyl (C=O) groups is 1. The second kappa shape index (κ2) is 12.7. The number of nitrogens with one attached hydrogen (secondary N) is 1. The predicted molar refractivity (Wildman–Crippen MR) is 148 cm³/mol. The van der Waals surface area contributed by atoms with Gasteiger partial charge in [-0.25, -0.2) is 0 Å². The van der Waals surface area contributed by atoms with Crippen molar-refractivity contribution < 1.29 is 4.79 Å². The van der Waals surface area contributed by atoms with Crippen molar-refractivity contribution in [2.75, 3.05) is 26.2 Å². The van der Waals surface area contributed by atoms with Gasteiger partial charge in [0.05, 0.1) is 17.4 Å². The number of nitriles is 1. The van der Waals surface area contributed by atoms with Crippen LogP contribution in [0.15, 0.2) is 78.9 Å². The van der Waals surface area contributed by atoms with Crippen molar-refractivity contribution in [1.29, 1.82) is 5.26 Å². The highest BCUT2D eigenvalue weighted by Crippen LogP contribution is 2.34. The van der Waals surface area contributed by atoms with Crippen LogP contribution in [-0.2, 0) is 10.2 Å². The van der Waals surface area contributed by atoms with E-state index in [0.717, 1.165) is 55.6 Å². The molecule has 188 valence electrons. The van der Waals surface area contributed by atoms with Crippen molar-refractivity contribution in [2.24, 2.45) is 0 Å². The van der Waals surface area contributed by atoms with Gasteiger partial charge >= 0.3 is 0 Å². The van der Waals surface area contributed by atoms with E-state index in [-0.39, 0.29) is 29.6 Å². The summed E-state index contributed by atoms with van der Waals surface area (Å²) in [6, 6.07) is 29.3. The minimum Gasteiger partial charge on any atom is -0.355 e. The van der Waals surface area contributed by atoms with Gasteiger partial charge in [0, 0.05) is 6.54 Å². The number of carbonyl (C=O) groups excluding carboxylic acids is 1. The lowest BCUT2D eigenvalue weighted by molar-refractivity contribution is -0.121. The van der Waals surface area contributed by atoms with E-state index >= 15 is 0 Å². The monoisotopic (exact) mass is 501 g/mol. The Morgan fingerprint density at radius 1 is 0.917 bits per heavy atom. The molecule has 36 heavy (non-hydrogen) atoms. The van der Waals surface area contributed by atoms with Gasteiger partial charge in [-0.15, -0.1) is 12.4 Å². The zero-order valence-corrected chi connectivity index (χ0v) is 22.1. The molecule has 0 radical (unpaired) electrons. The molecule has 5 heteroatoms. The zero-order valence-electron chi connectivity index (χ0n) is 21.2. The largest absolute Gasteiger partial charge is 0.355 e. The Morgan fingerprint density at radius 2 is 1.44 bits per heavy atom. The normalized spacial score (nSPS) is 15.1. The summed E-state index contributed by atoms with van der Waals surface area (Å²) in [7, 11) is 0. The molecule has 1 aliphatic rings. The second-order valence-electron chi connectivity index (χ2n) is 9.80. The van der Waals surface area contributed by atoms with Crippen LogP contribution in [0.1, 0.15) is 53.0 Å². The van der Waals surface area contributed by atoms with Gasteiger partial charge in [-0.3, -0.25) is 4.79 Å². The van der Waals surface area contributed by atoms with Gasteiger partial charge in [0.25, 0.3) is 0 Å². The van der Waals surface area contributed by atoms with Crippen molar-refractivity contribution in [3.8, 4) is 6.07 Å². The average Bonchev–Trinajstić information content (AvgIpc) is 2.90. The molecule has 0 aromatic heterocycles. The molecular formula is C31H36ClN3O. The van der Waals surface area contributed by atoms with E-state index in [1.165, 1.54) is 11.1 Å². The first-order valence-corrected chi connectivity index (χ1v) is 12.6. The number of likely N-dealkylation sites (tertiary alicyclic amines) is 1. The van der Waals surface area contributed by atoms with Crippen LogP contribution in [0.4, 0.5) is 0 Å². The van der Waals surface area contributed by atoms with Gasteiger partial charge in [0.2, 0.25) is 5.91 Å². The van der Waals surface area contributed by atoms with E-state index in [4.69, 9.17) is 0 Å². The number of benzene rings is 3. The molecule has 3 aromatic carbocycles. The maximum Gasteiger partial charge on any atom is 0.232 e. The molecule has 0 unspecified atom stereocenters. The standard InChI is InChI=1S/C31H35N3O.ClH/c1-24-9-13-26(14-10-24)29(27-15-11-25(2)12-16-27)30(35)33-19-6-20-34-21-17-31(23-32,18-22-34)28-7-4-3-5-8-28;/h3-5,7-16,29H,6,17-22H2,1-2H3,(H,33,35);1H. The SMILES string of the molecule is Cc1ccc(C(C(=O)NCCCN2CCC(C#N)(c3ccccc3)CC2)c2ccc(C)cc2)cc1.Cl. The molecule has 1 heterocycles. The molecule has 0 spiro atoms. The maximum atomic E-state index is 13.3. The number of piperidine rings is 1. The van der Waals surface area contributed by atoms with Gasteiger partial charge in [-0.2, -0.15) is 5.26 Å². The Morgan fingerprint density at radius 3 is 1.94 bits per heavy atom. The van der Waals surface area contributed by atoms with Gasteiger partial charge in [0.1, 0.15) is 0 Å². The lowest BCUT2D eigenvalue weighted by Crippen LogP contribution is -2.43. The number of halogens is 1. The maximum absolute atomic E-state index is 13.3. The molecule has 1 aliphatic heterocycles. The van der Waals surface area contributed by atoms with Crippen molar-refractivity contribution in [1.82, 2.24) is 10.2 Å². The summed E-state index contributed by atoms with van der Waals surface area (Å²) in [5.41, 5.74) is 5.16. The predicted octanol–water partition coefficient (Wildman–Crippen LogP) is 5.92. The van der Waals surface area contributed by atoms with Crippen molar-refractivity contribution in [3.05, 3.63) is 107 Å². The first-order chi connectivity index (χ1) is 17.0. The van der Waals surface area contributed by atoms with Crippen molar-refractivity contribution in [3.63, 3.8) is 0 Å². The van der Waals surface area contributed by atoms with Crippen LogP contribution in [-0.4, -0.2) is 37.0 Å². The first-order valence-electron chi connectivity index (χ1n) is 12.6. The Labute approximate surface area is 221 Å². The summed E-state index contributed by atoms with van der Waals surface area (Å²) >= 11 is 0. The third-order valence-corrected chi connectivity index (χ3v) is 7.28. The summed E-state index contributed by atoms with van der Waals surface area (Å²) in [5.74, 6) is -0.266. The summed E-state index contributed by atoms with van der Waals surface area (Å²) in [5, 5.41) is 13.1. The quantitative estimate of drug-likeness (QED) is 0.390. The Balaban J connectivity index is 0.00000361. The molecule has 1 amide bonds. The highest BCUT2D eigenvalue weighted by molar-refractivity contribution is 5.87. The highest BCUT2D eigenvalue weighted by Gasteiger charge is 2.36. The lowest BCUT2D eigenvalue weighted by atomic mass is 9.74. The van der Waals surface area contributed by atoms with Gasteiger partial charge in [-0.1, -0.05) is 90.0 Å². The third kappa shape index (κ3) is 6.55. The zero-order chi connectivity index (χ0) is 24.7. The van der Waals surface area contributed by atoms with Crippen molar-refractivity contribution >= 4 is 18.3 Å². The van der Waals surface area contributed by atoms with E-state index in [0.29, 0.717) is 6.54 Å². The topological polar surface area (TPSA) is 56.1 Å². The molecule has 0 atom stereocenters. The Bertz CT molecular complexity index is 1100. The fourth-order valence-corrected chi connectivity index (χ4v) is 5.01. The van der Waals surface area contributed by atoms with Gasteiger partial charge in [0.15, 0.2) is 0 Å². The number of amides is 1. The fourth-order valence-electron chi connectivity index (χ4n) is 5.01. The summed E-state index contributed by atoms with van der Waals surface area (Å²) in [4.78, 5) is 15.7. The van der Waals surface area contributed by atoms with Gasteiger partial charge < -0.3 is 10.2 Å². The smallest absolute Gasteiger partial charge is 0.232 e. The number of nitrogens with zero attached hydrogens (tertiary/aromatic N) is 2. The van der Waals surface area contributed by atoms with E-state index < -0.39 is 0 Å². The van der Waals surface area contributed by atoms with Crippen LogP contribution in [0.25, 0.3) is 0 Å². The van der Waals surface area contributed by atoms with Crippen LogP contribution < -0.4 is 5.32 Å². The molecule has 0 bridgehead atoms. The van der Waals surface area contributed by atoms with Crippen molar-refractivity contribution in [2.45, 2.75) is 44.4 Å². The second-order valence-corrected chi connectivity index (χ2v) is 9.80. The number of hydrogen-bond donors (Lipinski definition) is 1. The van der Waals surface area contributed by atoms with Crippen LogP contribution in [0, 0.1) is 25.2 Å². The summed E-state index contributed by atoms with van der Waals surface area (Å²) in [6.07, 6.45) is 2.59. The van der Waals surface area contributed by atoms with Crippen LogP contribution in [0.2, 0.25) is 0 Å². The van der Waals surface area contributed by atoms with Crippen LogP contribution in [0.5, 0.6) is 0 Å². The first kappa shape index (κ1) is 27.5. The molecule has 4 nitrogen and oxygen atoms in total. The summed E-state index contributed by atoms with van der Waals surface area (Å²) < 4.78 is 0. The molecule has 1 N–H and O–H groups in total. The molecule has 1 saturated heterocycles. The lowest BCUT2D eigenvalue weighted by Gasteiger charge is -2.37. The number of rotatable bonds is 8. The Kier molecular flexibility index (Phi) is 9.70. The average molecular weight is 502 g/mol. The highest BCUT2D eigenvalue weighted by atomic mass is 35.5. The number of hydrogen-bond acceptors (Lipinski definition) is 3. The minimum absolute atomic E-state index is 0. The fraction of sp³-hybridized carbons (Fsp3) is 0.355. The third-order valence-electron chi connectivity index (χ3n) is 7.28. The molecule has 0 aliphatic carbocycles. The molecule has 3 aromatic rings. The Hall–Kier alpha value is -3.13. The van der Waals surface area contributed by atoms with E-state index in [1.54, 1.807) is 0 Å². The van der Waals surface area contributed by atoms with E-state index in [1.807, 2.05) is 18.2 Å². The van der Waals surface area contributed by atoms with E-state index in [9.17, 15) is 10.1 Å². The minimum atomic E-state index is -0.374. The van der Waals surface area contributed by atoms with Gasteiger partial charge in [-0.05, 0) is 69.4 Å². The number of aryl methyl sites for hydroxylation is 2. The van der Waals surface area contributed by atoms with Crippen LogP contribution in [0.3, 0.4) is 0 Å². The molecule has 0 saturated carbocycles.